The number of halogens is 2. The van der Waals surface area contributed by atoms with Gasteiger partial charge in [-0.15, -0.1) is 0 Å². The number of nitrogens with two attached hydrogens (primary N) is 1. The average molecular weight is 445 g/mol. The van der Waals surface area contributed by atoms with Gasteiger partial charge in [-0.2, -0.15) is 0 Å². The summed E-state index contributed by atoms with van der Waals surface area (Å²) in [4.78, 5) is 8.65. The van der Waals surface area contributed by atoms with E-state index < -0.39 is 27.4 Å². The van der Waals surface area contributed by atoms with Gasteiger partial charge in [-0.3, -0.25) is 4.40 Å². The molecule has 0 aliphatic carbocycles. The number of aromatic nitrogens is 3. The monoisotopic (exact) mass is 445 g/mol. The van der Waals surface area contributed by atoms with Gasteiger partial charge in [0, 0.05) is 31.1 Å². The number of sulfonamides is 1. The Bertz CT molecular complexity index is 1380. The highest BCUT2D eigenvalue weighted by Gasteiger charge is 2.21. The highest BCUT2D eigenvalue weighted by atomic mass is 32.2. The maximum absolute atomic E-state index is 14.4. The van der Waals surface area contributed by atoms with Crippen molar-refractivity contribution >= 4 is 21.5 Å². The second-order valence-electron chi connectivity index (χ2n) is 6.84. The van der Waals surface area contributed by atoms with Crippen LogP contribution in [0.1, 0.15) is 11.3 Å². The van der Waals surface area contributed by atoms with Gasteiger partial charge in [0.1, 0.15) is 17.4 Å². The second-order valence-corrected chi connectivity index (χ2v) is 8.40. The minimum absolute atomic E-state index is 0.00273. The first kappa shape index (κ1) is 20.7. The number of hydrogen-bond acceptors (Lipinski definition) is 6. The van der Waals surface area contributed by atoms with Gasteiger partial charge in [0.2, 0.25) is 10.0 Å². The molecule has 0 fully saturated rings. The van der Waals surface area contributed by atoms with E-state index in [1.54, 1.807) is 19.1 Å². The molecule has 4 aromatic rings. The summed E-state index contributed by atoms with van der Waals surface area (Å²) in [6.45, 7) is 1.91. The molecular weight excluding hydrogens is 428 g/mol. The predicted octanol–water partition coefficient (Wildman–Crippen LogP) is 2.95. The molecule has 2 heterocycles. The zero-order chi connectivity index (χ0) is 22.3. The van der Waals surface area contributed by atoms with Crippen LogP contribution in [0, 0.1) is 18.6 Å². The summed E-state index contributed by atoms with van der Waals surface area (Å²) in [5, 5.41) is 17.6. The van der Waals surface area contributed by atoms with E-state index >= 15 is 0 Å². The lowest BCUT2D eigenvalue weighted by molar-refractivity contribution is 0.461. The lowest BCUT2D eigenvalue weighted by Crippen LogP contribution is -2.12. The van der Waals surface area contributed by atoms with Gasteiger partial charge < -0.3 is 10.4 Å². The number of phenols is 1. The number of rotatable bonds is 5. The van der Waals surface area contributed by atoms with Crippen LogP contribution in [0.4, 0.5) is 14.6 Å². The Labute approximate surface area is 176 Å². The number of anilines is 1. The molecule has 0 aliphatic heterocycles. The number of phenolic OH excluding ortho intramolecular Hbond substituents is 1. The van der Waals surface area contributed by atoms with E-state index in [0.29, 0.717) is 23.7 Å². The van der Waals surface area contributed by atoms with Crippen molar-refractivity contribution in [3.05, 3.63) is 71.7 Å². The summed E-state index contributed by atoms with van der Waals surface area (Å²) in [5.41, 5.74) is 1.38. The van der Waals surface area contributed by atoms with Crippen molar-refractivity contribution in [1.82, 2.24) is 14.4 Å². The number of nitrogens with one attached hydrogen (secondary N) is 1. The van der Waals surface area contributed by atoms with Gasteiger partial charge in [-0.1, -0.05) is 12.1 Å². The standard InChI is InChI=1S/C20H17F2N5O3S/c1-11-18(17-15(21)8-13(28)9-16(17)22)27-7-6-24-19(20(27)26-11)25-10-12-2-4-14(5-3-12)31(23,29)30/h2-9,28H,10H2,1H3,(H,24,25)(H2,23,29,30). The molecule has 8 nitrogen and oxygen atoms in total. The van der Waals surface area contributed by atoms with Crippen molar-refractivity contribution in [2.45, 2.75) is 18.4 Å². The van der Waals surface area contributed by atoms with E-state index in [-0.39, 0.29) is 16.2 Å². The van der Waals surface area contributed by atoms with Crippen molar-refractivity contribution in [1.29, 1.82) is 0 Å². The highest BCUT2D eigenvalue weighted by molar-refractivity contribution is 7.89. The van der Waals surface area contributed by atoms with Crippen LogP contribution in [0.15, 0.2) is 53.7 Å². The number of imidazole rings is 1. The first-order valence-electron chi connectivity index (χ1n) is 9.03. The maximum atomic E-state index is 14.4. The average Bonchev–Trinajstić information content (AvgIpc) is 3.02. The summed E-state index contributed by atoms with van der Waals surface area (Å²) < 4.78 is 53.1. The van der Waals surface area contributed by atoms with E-state index in [9.17, 15) is 22.3 Å². The molecule has 0 amide bonds. The van der Waals surface area contributed by atoms with Crippen LogP contribution < -0.4 is 10.5 Å². The Morgan fingerprint density at radius 1 is 1.16 bits per heavy atom. The van der Waals surface area contributed by atoms with Crippen LogP contribution in [0.5, 0.6) is 5.75 Å². The third kappa shape index (κ3) is 3.92. The molecule has 0 spiro atoms. The number of fused-ring (bicyclic) bond motifs is 1. The molecule has 0 atom stereocenters. The molecule has 0 saturated carbocycles. The number of benzene rings is 2. The second kappa shape index (κ2) is 7.60. The lowest BCUT2D eigenvalue weighted by Gasteiger charge is -2.09. The number of aryl methyl sites for hydroxylation is 1. The molecule has 2 aromatic carbocycles. The van der Waals surface area contributed by atoms with Crippen LogP contribution in [0.3, 0.4) is 0 Å². The van der Waals surface area contributed by atoms with Crippen LogP contribution in [-0.4, -0.2) is 27.9 Å². The normalized spacial score (nSPS) is 11.7. The number of hydrogen-bond donors (Lipinski definition) is 3. The fraction of sp³-hybridized carbons (Fsp3) is 0.100. The number of nitrogens with zero attached hydrogens (tertiary/aromatic N) is 3. The molecule has 0 unspecified atom stereocenters. The van der Waals surface area contributed by atoms with Crippen LogP contribution >= 0.6 is 0 Å². The number of primary sulfonamides is 1. The lowest BCUT2D eigenvalue weighted by atomic mass is 10.1. The Hall–Kier alpha value is -3.57. The van der Waals surface area contributed by atoms with Crippen molar-refractivity contribution in [2.24, 2.45) is 5.14 Å². The van der Waals surface area contributed by atoms with E-state index in [0.717, 1.165) is 17.7 Å². The fourth-order valence-corrected chi connectivity index (χ4v) is 3.80. The molecule has 0 saturated heterocycles. The molecule has 4 N–H and O–H groups in total. The van der Waals surface area contributed by atoms with Gasteiger partial charge in [-0.25, -0.2) is 32.3 Å². The molecule has 11 heteroatoms. The first-order valence-corrected chi connectivity index (χ1v) is 10.6. The summed E-state index contributed by atoms with van der Waals surface area (Å²) >= 11 is 0. The number of aromatic hydroxyl groups is 1. The molecule has 2 aromatic heterocycles. The van der Waals surface area contributed by atoms with Gasteiger partial charge in [-0.05, 0) is 24.6 Å². The highest BCUT2D eigenvalue weighted by Crippen LogP contribution is 2.33. The summed E-state index contributed by atoms with van der Waals surface area (Å²) in [6, 6.07) is 7.68. The van der Waals surface area contributed by atoms with Gasteiger partial charge >= 0.3 is 0 Å². The Kier molecular flexibility index (Phi) is 5.07. The van der Waals surface area contributed by atoms with E-state index in [1.807, 2.05) is 0 Å². The fourth-order valence-electron chi connectivity index (χ4n) is 3.29. The zero-order valence-corrected chi connectivity index (χ0v) is 17.0. The van der Waals surface area contributed by atoms with Crippen molar-refractivity contribution < 1.29 is 22.3 Å². The minimum atomic E-state index is -3.78. The maximum Gasteiger partial charge on any atom is 0.238 e. The zero-order valence-electron chi connectivity index (χ0n) is 16.2. The molecule has 31 heavy (non-hydrogen) atoms. The van der Waals surface area contributed by atoms with Crippen LogP contribution in [0.2, 0.25) is 0 Å². The molecule has 0 bridgehead atoms. The van der Waals surface area contributed by atoms with E-state index in [4.69, 9.17) is 5.14 Å². The van der Waals surface area contributed by atoms with Crippen molar-refractivity contribution in [3.8, 4) is 17.0 Å². The Morgan fingerprint density at radius 2 is 1.81 bits per heavy atom. The SMILES string of the molecule is Cc1nc2c(NCc3ccc(S(N)(=O)=O)cc3)nccn2c1-c1c(F)cc(O)cc1F. The van der Waals surface area contributed by atoms with Crippen molar-refractivity contribution in [2.75, 3.05) is 5.32 Å². The van der Waals surface area contributed by atoms with Crippen molar-refractivity contribution in [3.63, 3.8) is 0 Å². The summed E-state index contributed by atoms with van der Waals surface area (Å²) in [5.74, 6) is -1.97. The van der Waals surface area contributed by atoms with Crippen LogP contribution in [-0.2, 0) is 16.6 Å². The van der Waals surface area contributed by atoms with E-state index in [2.05, 4.69) is 15.3 Å². The van der Waals surface area contributed by atoms with Gasteiger partial charge in [0.05, 0.1) is 21.8 Å². The molecular formula is C20H17F2N5O3S. The summed E-state index contributed by atoms with van der Waals surface area (Å²) in [7, 11) is -3.78. The molecule has 0 radical (unpaired) electrons. The topological polar surface area (TPSA) is 123 Å². The predicted molar refractivity (Wildman–Crippen MR) is 110 cm³/mol. The van der Waals surface area contributed by atoms with Gasteiger partial charge in [0.25, 0.3) is 0 Å². The largest absolute Gasteiger partial charge is 0.508 e. The van der Waals surface area contributed by atoms with Crippen LogP contribution in [0.25, 0.3) is 16.9 Å². The first-order chi connectivity index (χ1) is 14.6. The Morgan fingerprint density at radius 3 is 2.42 bits per heavy atom. The smallest absolute Gasteiger partial charge is 0.238 e. The van der Waals surface area contributed by atoms with Gasteiger partial charge in [0.15, 0.2) is 11.5 Å². The third-order valence-corrected chi connectivity index (χ3v) is 5.62. The molecule has 160 valence electrons. The molecule has 0 aliphatic rings. The third-order valence-electron chi connectivity index (χ3n) is 4.69. The molecule has 4 rings (SSSR count). The van der Waals surface area contributed by atoms with E-state index in [1.165, 1.54) is 28.9 Å². The minimum Gasteiger partial charge on any atom is -0.508 e. The summed E-state index contributed by atoms with van der Waals surface area (Å²) in [6.07, 6.45) is 2.99. The Balaban J connectivity index is 1.69. The quantitative estimate of drug-likeness (QED) is 0.434.